The van der Waals surface area contributed by atoms with Crippen molar-refractivity contribution in [1.82, 2.24) is 0 Å². The molecule has 1 atom stereocenters. The normalized spacial score (nSPS) is 12.4. The second-order valence-electron chi connectivity index (χ2n) is 3.37. The van der Waals surface area contributed by atoms with Crippen LogP contribution in [-0.4, -0.2) is 29.3 Å². The van der Waals surface area contributed by atoms with Crippen molar-refractivity contribution >= 4 is 16.8 Å². The highest BCUT2D eigenvalue weighted by atomic mass is 32.2. The fourth-order valence-corrected chi connectivity index (χ4v) is 1.82. The van der Waals surface area contributed by atoms with Crippen LogP contribution >= 0.6 is 0 Å². The summed E-state index contributed by atoms with van der Waals surface area (Å²) >= 11 is 0. The molecule has 14 heavy (non-hydrogen) atoms. The molecule has 0 aromatic carbocycles. The summed E-state index contributed by atoms with van der Waals surface area (Å²) in [6, 6.07) is 0. The van der Waals surface area contributed by atoms with Crippen LogP contribution in [0.3, 0.4) is 0 Å². The summed E-state index contributed by atoms with van der Waals surface area (Å²) < 4.78 is 15.2. The monoisotopic (exact) mass is 220 g/mol. The molecule has 0 radical (unpaired) electrons. The highest BCUT2D eigenvalue weighted by molar-refractivity contribution is 7.84. The lowest BCUT2D eigenvalue weighted by atomic mass is 10.1. The van der Waals surface area contributed by atoms with Gasteiger partial charge in [0, 0.05) is 29.2 Å². The third kappa shape index (κ3) is 9.71. The van der Waals surface area contributed by atoms with Gasteiger partial charge in [-0.05, 0) is 12.8 Å². The van der Waals surface area contributed by atoms with E-state index in [1.165, 1.54) is 7.11 Å². The standard InChI is InChI=1S/C10H20O3S/c1-13-10(11)8-6-4-3-5-7-9-14(2)12/h3-9H2,1-2H3. The number of carbonyl (C=O) groups is 1. The Labute approximate surface area is 88.7 Å². The van der Waals surface area contributed by atoms with Crippen molar-refractivity contribution in [3.8, 4) is 0 Å². The van der Waals surface area contributed by atoms with Crippen LogP contribution in [0.15, 0.2) is 0 Å². The Morgan fingerprint density at radius 1 is 1.14 bits per heavy atom. The molecule has 0 rings (SSSR count). The van der Waals surface area contributed by atoms with Gasteiger partial charge in [-0.3, -0.25) is 9.00 Å². The van der Waals surface area contributed by atoms with E-state index < -0.39 is 10.8 Å². The molecule has 0 aliphatic carbocycles. The molecule has 0 aromatic rings. The largest absolute Gasteiger partial charge is 0.469 e. The van der Waals surface area contributed by atoms with E-state index in [4.69, 9.17) is 0 Å². The molecule has 0 aromatic heterocycles. The third-order valence-corrected chi connectivity index (χ3v) is 2.90. The van der Waals surface area contributed by atoms with E-state index in [2.05, 4.69) is 4.74 Å². The molecule has 0 aliphatic heterocycles. The number of rotatable bonds is 8. The van der Waals surface area contributed by atoms with E-state index in [0.717, 1.165) is 37.9 Å². The Morgan fingerprint density at radius 3 is 2.29 bits per heavy atom. The zero-order chi connectivity index (χ0) is 10.8. The lowest BCUT2D eigenvalue weighted by Gasteiger charge is -2.00. The molecular formula is C10H20O3S. The zero-order valence-electron chi connectivity index (χ0n) is 9.08. The predicted molar refractivity (Wildman–Crippen MR) is 58.7 cm³/mol. The lowest BCUT2D eigenvalue weighted by molar-refractivity contribution is -0.140. The van der Waals surface area contributed by atoms with Crippen molar-refractivity contribution in [3.63, 3.8) is 0 Å². The maximum atomic E-state index is 10.7. The summed E-state index contributed by atoms with van der Waals surface area (Å²) in [5.41, 5.74) is 0. The van der Waals surface area contributed by atoms with E-state index >= 15 is 0 Å². The number of hydrogen-bond acceptors (Lipinski definition) is 3. The van der Waals surface area contributed by atoms with Gasteiger partial charge in [-0.1, -0.05) is 19.3 Å². The van der Waals surface area contributed by atoms with Gasteiger partial charge < -0.3 is 4.74 Å². The molecule has 0 aliphatic rings. The maximum absolute atomic E-state index is 10.7. The minimum absolute atomic E-state index is 0.125. The molecule has 1 unspecified atom stereocenters. The van der Waals surface area contributed by atoms with Gasteiger partial charge in [-0.15, -0.1) is 0 Å². The molecule has 3 nitrogen and oxygen atoms in total. The van der Waals surface area contributed by atoms with E-state index in [9.17, 15) is 9.00 Å². The molecular weight excluding hydrogens is 200 g/mol. The van der Waals surface area contributed by atoms with E-state index in [-0.39, 0.29) is 5.97 Å². The van der Waals surface area contributed by atoms with Crippen molar-refractivity contribution in [2.45, 2.75) is 38.5 Å². The van der Waals surface area contributed by atoms with Gasteiger partial charge in [0.15, 0.2) is 0 Å². The van der Waals surface area contributed by atoms with Crippen molar-refractivity contribution in [1.29, 1.82) is 0 Å². The Kier molecular flexibility index (Phi) is 8.94. The SMILES string of the molecule is COC(=O)CCCCCCCS(C)=O. The maximum Gasteiger partial charge on any atom is 0.305 e. The number of esters is 1. The lowest BCUT2D eigenvalue weighted by Crippen LogP contribution is -1.99. The van der Waals surface area contributed by atoms with E-state index in [1.807, 2.05) is 0 Å². The zero-order valence-corrected chi connectivity index (χ0v) is 9.90. The Balaban J connectivity index is 3.06. The van der Waals surface area contributed by atoms with Gasteiger partial charge in [0.1, 0.15) is 0 Å². The van der Waals surface area contributed by atoms with Crippen LogP contribution in [-0.2, 0) is 20.3 Å². The van der Waals surface area contributed by atoms with Gasteiger partial charge in [-0.2, -0.15) is 0 Å². The Bertz CT molecular complexity index is 180. The van der Waals surface area contributed by atoms with Crippen LogP contribution in [0.1, 0.15) is 38.5 Å². The summed E-state index contributed by atoms with van der Waals surface area (Å²) in [6.07, 6.45) is 7.48. The molecule has 0 fully saturated rings. The fraction of sp³-hybridized carbons (Fsp3) is 0.900. The van der Waals surface area contributed by atoms with E-state index in [1.54, 1.807) is 6.26 Å². The van der Waals surface area contributed by atoms with Gasteiger partial charge in [0.2, 0.25) is 0 Å². The van der Waals surface area contributed by atoms with Gasteiger partial charge >= 0.3 is 5.97 Å². The molecule has 0 spiro atoms. The topological polar surface area (TPSA) is 43.4 Å². The average molecular weight is 220 g/mol. The molecule has 4 heteroatoms. The second kappa shape index (κ2) is 9.19. The van der Waals surface area contributed by atoms with Crippen molar-refractivity contribution in [2.24, 2.45) is 0 Å². The molecule has 0 N–H and O–H groups in total. The van der Waals surface area contributed by atoms with Crippen LogP contribution in [0.4, 0.5) is 0 Å². The van der Waals surface area contributed by atoms with Crippen LogP contribution in [0.2, 0.25) is 0 Å². The van der Waals surface area contributed by atoms with Crippen molar-refractivity contribution in [3.05, 3.63) is 0 Å². The number of hydrogen-bond donors (Lipinski definition) is 0. The highest BCUT2D eigenvalue weighted by Gasteiger charge is 1.99. The molecule has 84 valence electrons. The quantitative estimate of drug-likeness (QED) is 0.463. The minimum Gasteiger partial charge on any atom is -0.469 e. The summed E-state index contributed by atoms with van der Waals surface area (Å²) in [4.78, 5) is 10.7. The average Bonchev–Trinajstić information content (AvgIpc) is 2.15. The third-order valence-electron chi connectivity index (χ3n) is 2.04. The van der Waals surface area contributed by atoms with Crippen molar-refractivity contribution in [2.75, 3.05) is 19.1 Å². The molecule has 0 bridgehead atoms. The van der Waals surface area contributed by atoms with Crippen LogP contribution in [0, 0.1) is 0 Å². The Morgan fingerprint density at radius 2 is 1.71 bits per heavy atom. The first-order valence-electron chi connectivity index (χ1n) is 5.03. The van der Waals surface area contributed by atoms with Gasteiger partial charge in [0.05, 0.1) is 7.11 Å². The number of carbonyl (C=O) groups excluding carboxylic acids is 1. The van der Waals surface area contributed by atoms with Crippen molar-refractivity contribution < 1.29 is 13.7 Å². The minimum atomic E-state index is -0.656. The second-order valence-corrected chi connectivity index (χ2v) is 4.93. The molecule has 0 heterocycles. The fourth-order valence-electron chi connectivity index (χ4n) is 1.21. The first kappa shape index (κ1) is 13.6. The number of methoxy groups -OCH3 is 1. The summed E-state index contributed by atoms with van der Waals surface area (Å²) in [7, 11) is 0.760. The highest BCUT2D eigenvalue weighted by Crippen LogP contribution is 2.06. The summed E-state index contributed by atoms with van der Waals surface area (Å²) in [5, 5.41) is 0. The molecule has 0 saturated carbocycles. The summed E-state index contributed by atoms with van der Waals surface area (Å²) in [6.45, 7) is 0. The number of ether oxygens (including phenoxy) is 1. The van der Waals surface area contributed by atoms with Crippen LogP contribution in [0.5, 0.6) is 0 Å². The Hall–Kier alpha value is -0.380. The van der Waals surface area contributed by atoms with Gasteiger partial charge in [0.25, 0.3) is 0 Å². The van der Waals surface area contributed by atoms with Crippen LogP contribution in [0.25, 0.3) is 0 Å². The van der Waals surface area contributed by atoms with Gasteiger partial charge in [-0.25, -0.2) is 0 Å². The first-order valence-corrected chi connectivity index (χ1v) is 6.76. The smallest absolute Gasteiger partial charge is 0.305 e. The van der Waals surface area contributed by atoms with Crippen LogP contribution < -0.4 is 0 Å². The predicted octanol–water partition coefficient (Wildman–Crippen LogP) is 1.88. The number of unbranched alkanes of at least 4 members (excludes halogenated alkanes) is 4. The molecule has 0 amide bonds. The molecule has 0 saturated heterocycles. The summed E-state index contributed by atoms with van der Waals surface area (Å²) in [5.74, 6) is 0.677. The first-order chi connectivity index (χ1) is 6.66. The van der Waals surface area contributed by atoms with E-state index in [0.29, 0.717) is 6.42 Å².